The van der Waals surface area contributed by atoms with Gasteiger partial charge in [-0.1, -0.05) is 112 Å². The summed E-state index contributed by atoms with van der Waals surface area (Å²) in [5, 5.41) is 85.5. The van der Waals surface area contributed by atoms with Crippen molar-refractivity contribution in [1.29, 1.82) is 0 Å². The highest BCUT2D eigenvalue weighted by atomic mass is 19.4. The number of nitrogens with two attached hydrogens (primary N) is 5. The van der Waals surface area contributed by atoms with E-state index in [1.54, 1.807) is 59.7 Å². The van der Waals surface area contributed by atoms with Crippen molar-refractivity contribution in [2.45, 2.75) is 212 Å². The molecule has 0 unspecified atom stereocenters. The first-order chi connectivity index (χ1) is 53.2. The van der Waals surface area contributed by atoms with E-state index in [-0.39, 0.29) is 68.4 Å². The zero-order valence-corrected chi connectivity index (χ0v) is 64.7. The van der Waals surface area contributed by atoms with E-state index in [9.17, 15) is 117 Å². The second kappa shape index (κ2) is 50.3. The topological polar surface area (TPSA) is 671 Å². The first-order valence-electron chi connectivity index (χ1n) is 35.0. The summed E-state index contributed by atoms with van der Waals surface area (Å²) in [4.78, 5) is 199. The molecule has 26 N–H and O–H groups in total. The number of aliphatic hydroxyl groups excluding tert-OH is 4. The van der Waals surface area contributed by atoms with Gasteiger partial charge >= 0.3 is 42.4 Å². The summed E-state index contributed by atoms with van der Waals surface area (Å²) >= 11 is 0. The third-order valence-electron chi connectivity index (χ3n) is 15.8. The van der Waals surface area contributed by atoms with E-state index in [1.165, 1.54) is 43.6 Å². The largest absolute Gasteiger partial charge is 0.490 e. The van der Waals surface area contributed by atoms with Crippen molar-refractivity contribution in [3.05, 3.63) is 66.0 Å². The van der Waals surface area contributed by atoms with Gasteiger partial charge in [-0.3, -0.25) is 62.7 Å². The molecule has 0 bridgehead atoms. The van der Waals surface area contributed by atoms with Gasteiger partial charge in [-0.2, -0.15) is 39.5 Å². The molecule has 0 fully saturated rings. The predicted molar refractivity (Wildman–Crippen MR) is 387 cm³/mol. The van der Waals surface area contributed by atoms with Gasteiger partial charge in [0.25, 0.3) is 0 Å². The number of esters is 1. The van der Waals surface area contributed by atoms with Crippen LogP contribution < -0.4 is 76.5 Å². The Kier molecular flexibility index (Phi) is 46.3. The molecule has 1 heterocycles. The molecule has 15 atom stereocenters. The van der Waals surface area contributed by atoms with Crippen molar-refractivity contribution in [2.24, 2.45) is 62.7 Å². The van der Waals surface area contributed by atoms with Crippen LogP contribution in [0.1, 0.15) is 125 Å². The fourth-order valence-corrected chi connectivity index (χ4v) is 9.51. The number of hydrogen-bond donors (Lipinski definition) is 21. The molecule has 656 valence electrons. The molecular formula is C68H103F9N16O23. The normalized spacial score (nSPS) is 15.3. The Morgan fingerprint density at radius 1 is 0.552 bits per heavy atom. The van der Waals surface area contributed by atoms with Crippen LogP contribution in [0.2, 0.25) is 0 Å². The molecule has 0 aliphatic heterocycles. The number of primary amides is 2. The average Bonchev–Trinajstić information content (AvgIpc) is 0.823. The van der Waals surface area contributed by atoms with Crippen LogP contribution in [0.5, 0.6) is 0 Å². The van der Waals surface area contributed by atoms with Crippen LogP contribution in [0.25, 0.3) is 0 Å². The number of carboxylic acids is 3. The number of nitrogens with zero attached hydrogens (tertiary/aromatic N) is 2. The number of hydrogen-bond acceptors (Lipinski definition) is 23. The molecule has 48 heteroatoms. The van der Waals surface area contributed by atoms with Gasteiger partial charge in [-0.05, 0) is 73.0 Å². The lowest BCUT2D eigenvalue weighted by atomic mass is 9.88. The van der Waals surface area contributed by atoms with Gasteiger partial charge in [0.15, 0.2) is 24.2 Å². The Morgan fingerprint density at radius 2 is 1.02 bits per heavy atom. The molecule has 1 aromatic carbocycles. The summed E-state index contributed by atoms with van der Waals surface area (Å²) in [7, 11) is 0. The van der Waals surface area contributed by atoms with Crippen LogP contribution in [0.4, 0.5) is 39.5 Å². The summed E-state index contributed by atoms with van der Waals surface area (Å²) in [6, 6.07) is -4.35. The summed E-state index contributed by atoms with van der Waals surface area (Å²) in [6.45, 7) is 16.2. The highest BCUT2D eigenvalue weighted by Crippen LogP contribution is 2.25. The second-order valence-electron chi connectivity index (χ2n) is 27.7. The minimum Gasteiger partial charge on any atom is -0.475 e. The van der Waals surface area contributed by atoms with Gasteiger partial charge < -0.3 is 117 Å². The zero-order chi connectivity index (χ0) is 90.4. The molecule has 0 radical (unpaired) electrons. The number of amides is 11. The molecule has 0 aliphatic rings. The Labute approximate surface area is 658 Å². The molecule has 2 rings (SSSR count). The lowest BCUT2D eigenvalue weighted by Crippen LogP contribution is -2.62. The molecule has 0 aliphatic carbocycles. The van der Waals surface area contributed by atoms with Crippen LogP contribution in [-0.4, -0.2) is 246 Å². The molecular weight excluding hydrogens is 1580 g/mol. The van der Waals surface area contributed by atoms with Crippen LogP contribution in [0.3, 0.4) is 0 Å². The Hall–Kier alpha value is -11.1. The first kappa shape index (κ1) is 107. The van der Waals surface area contributed by atoms with E-state index >= 15 is 0 Å². The Bertz CT molecular complexity index is 3560. The minimum absolute atomic E-state index is 0.0241. The molecule has 39 nitrogen and oxygen atoms in total. The van der Waals surface area contributed by atoms with Gasteiger partial charge in [0.2, 0.25) is 65.0 Å². The number of carboxylic acid groups (broad SMARTS) is 3. The average molecular weight is 1680 g/mol. The molecule has 1 aromatic heterocycles. The monoisotopic (exact) mass is 1680 g/mol. The smallest absolute Gasteiger partial charge is 0.475 e. The molecule has 11 amide bonds. The van der Waals surface area contributed by atoms with E-state index in [4.69, 9.17) is 63.1 Å². The number of nitrogens with one attached hydrogen (secondary N) is 9. The number of guanidine groups is 1. The number of aliphatic imine (C=N–C) groups is 1. The highest BCUT2D eigenvalue weighted by molar-refractivity contribution is 5.99. The van der Waals surface area contributed by atoms with Crippen LogP contribution >= 0.6 is 0 Å². The van der Waals surface area contributed by atoms with E-state index in [0.29, 0.717) is 5.56 Å². The third-order valence-corrected chi connectivity index (χ3v) is 15.8. The van der Waals surface area contributed by atoms with Gasteiger partial charge in [-0.15, -0.1) is 0 Å². The maximum Gasteiger partial charge on any atom is 0.490 e. The number of ether oxygens (including phenoxy) is 1. The highest BCUT2D eigenvalue weighted by Gasteiger charge is 2.43. The Balaban J connectivity index is 0. The number of aromatic nitrogens is 1. The lowest BCUT2D eigenvalue weighted by molar-refractivity contribution is -0.193. The Morgan fingerprint density at radius 3 is 1.45 bits per heavy atom. The molecule has 2 aromatic rings. The number of halogens is 9. The first-order valence-corrected chi connectivity index (χ1v) is 35.0. The number of rotatable bonds is 40. The summed E-state index contributed by atoms with van der Waals surface area (Å²) < 4.78 is 101. The van der Waals surface area contributed by atoms with Crippen LogP contribution in [-0.2, 0) is 83.1 Å². The number of aliphatic hydroxyl groups is 4. The van der Waals surface area contributed by atoms with Gasteiger partial charge in [0.1, 0.15) is 42.3 Å². The zero-order valence-electron chi connectivity index (χ0n) is 64.7. The number of pyridine rings is 1. The maximum atomic E-state index is 14.2. The van der Waals surface area contributed by atoms with E-state index in [1.807, 2.05) is 31.4 Å². The van der Waals surface area contributed by atoms with E-state index in [2.05, 4.69) is 47.2 Å². The number of carbonyl (C=O) groups is 15. The van der Waals surface area contributed by atoms with Crippen LogP contribution in [0, 0.1) is 29.1 Å². The number of aliphatic carboxylic acids is 3. The van der Waals surface area contributed by atoms with E-state index in [0.717, 1.165) is 6.92 Å². The minimum atomic E-state index is -5.08. The van der Waals surface area contributed by atoms with Crippen molar-refractivity contribution in [3.63, 3.8) is 0 Å². The fraction of sp³-hybridized carbons (Fsp3) is 0.603. The summed E-state index contributed by atoms with van der Waals surface area (Å²) in [6.07, 6.45) is -19.0. The molecule has 116 heavy (non-hydrogen) atoms. The van der Waals surface area contributed by atoms with Gasteiger partial charge in [-0.25, -0.2) is 19.2 Å². The third kappa shape index (κ3) is 41.8. The summed E-state index contributed by atoms with van der Waals surface area (Å²) in [5.41, 5.74) is 28.5. The van der Waals surface area contributed by atoms with Gasteiger partial charge in [0, 0.05) is 25.4 Å². The quantitative estimate of drug-likeness (QED) is 0.0104. The van der Waals surface area contributed by atoms with Crippen molar-refractivity contribution in [2.75, 3.05) is 19.7 Å². The molecule has 0 saturated carbocycles. The maximum absolute atomic E-state index is 14.2. The van der Waals surface area contributed by atoms with Crippen molar-refractivity contribution >= 4 is 94.8 Å². The van der Waals surface area contributed by atoms with Crippen molar-refractivity contribution in [3.8, 4) is 0 Å². The lowest BCUT2D eigenvalue weighted by Gasteiger charge is -2.30. The second-order valence-corrected chi connectivity index (χ2v) is 27.7. The standard InChI is InChI=1S/C62H100N16O17.3C2HF3O2/c1-12-32(6)43(76-54(88)38(21-17-23-69-61(66)67)71-55(89)39(24-30(2)3)72-52(86)33(7)47(82)31(4)5)58(92)77-44(34(8)80)57(91)70-28-42(81)75-45(48(83)51(65)85)59(93)74-41(29-79)60(94)95-49(36-19-14-13-15-20-36)46(50(64)84)78-56(90)40(25-35-18-16-22-68-27-35)73-53(87)37(63)26-62(9,10)11;3*3-2(4,5)1(6)7/h13-16,18-20,22,27,30-34,37-41,43-49,79-80,82-83H,12,17,21,23-26,28-29,63H2,1-11H3,(H2,64,84)(H2,65,85)(H,70,91)(H,71,89)(H,72,86)(H,73,87)(H,74,93)(H,75,81)(H,76,88)(H,77,92)(H,78,90)(H4,66,67,69);3*(H,6,7)/t32-,33-,34-,37+,38+,39-,40-,41-,43-,44-,45-,46-,47+,48-,49+;;;/m0.../s1. The molecule has 0 spiro atoms. The number of alkyl halides is 9. The summed E-state index contributed by atoms with van der Waals surface area (Å²) in [5.74, 6) is -24.0. The van der Waals surface area contributed by atoms with Gasteiger partial charge in [0.05, 0.1) is 37.3 Å². The number of benzene rings is 1. The van der Waals surface area contributed by atoms with Crippen molar-refractivity contribution < 1.29 is 152 Å². The predicted octanol–water partition coefficient (Wildman–Crippen LogP) is -2.93. The van der Waals surface area contributed by atoms with Crippen molar-refractivity contribution in [1.82, 2.24) is 52.8 Å². The SMILES string of the molecule is CC[C@H](C)[C@H](NC(=O)[C@@H](CCCN=C(N)N)NC(=O)[C@H](CC(C)C)NC(=O)[C@@H](C)[C@H](O)C(C)C)C(=O)N[C@H](C(=O)NCC(=O)N[C@H](C(=O)N[C@@H](CO)C(=O)O[C@H](c1ccccc1)[C@H](NC(=O)[C@H](Cc1cccnc1)NC(=O)[C@H](N)CC(C)(C)C)C(N)=O)[C@H](O)C(N)=O)[C@H](C)O.O=C(O)C(F)(F)F.O=C(O)C(F)(F)F.O=C(O)C(F)(F)F. The van der Waals surface area contributed by atoms with E-state index < -0.39 is 217 Å². The molecule has 0 saturated heterocycles. The fourth-order valence-electron chi connectivity index (χ4n) is 9.51. The number of carbonyl (C=O) groups excluding carboxylic acids is 12. The van der Waals surface area contributed by atoms with Crippen LogP contribution in [0.15, 0.2) is 59.9 Å².